The lowest BCUT2D eigenvalue weighted by Crippen LogP contribution is -2.22. The van der Waals surface area contributed by atoms with Crippen molar-refractivity contribution in [3.05, 3.63) is 40.4 Å². The summed E-state index contributed by atoms with van der Waals surface area (Å²) in [6, 6.07) is 4.88. The SMILES string of the molecule is CCCC(CC[C@@H]1CC[C@@H]2[C@@H](/C=C/[C@@H](O)COc3cc(Cl)cc(Cl)c3)[C@H](O)C[C@@H]2OC1)C(=O)O. The van der Waals surface area contributed by atoms with E-state index in [0.29, 0.717) is 47.6 Å². The highest BCUT2D eigenvalue weighted by Gasteiger charge is 2.43. The zero-order valence-electron chi connectivity index (χ0n) is 19.6. The maximum Gasteiger partial charge on any atom is 0.306 e. The average Bonchev–Trinajstić information content (AvgIpc) is 2.94. The molecule has 2 fully saturated rings. The van der Waals surface area contributed by atoms with Crippen LogP contribution in [0.3, 0.4) is 0 Å². The van der Waals surface area contributed by atoms with Gasteiger partial charge in [0, 0.05) is 29.0 Å². The van der Waals surface area contributed by atoms with E-state index in [4.69, 9.17) is 32.7 Å². The van der Waals surface area contributed by atoms with Crippen LogP contribution in [0, 0.1) is 23.7 Å². The molecule has 0 aromatic heterocycles. The lowest BCUT2D eigenvalue weighted by atomic mass is 9.85. The van der Waals surface area contributed by atoms with Crippen molar-refractivity contribution in [1.29, 1.82) is 0 Å². The van der Waals surface area contributed by atoms with Crippen LogP contribution in [0.4, 0.5) is 0 Å². The van der Waals surface area contributed by atoms with Crippen molar-refractivity contribution in [3.8, 4) is 5.75 Å². The second kappa shape index (κ2) is 13.1. The van der Waals surface area contributed by atoms with E-state index in [1.807, 2.05) is 13.0 Å². The van der Waals surface area contributed by atoms with Crippen molar-refractivity contribution >= 4 is 29.2 Å². The van der Waals surface area contributed by atoms with Gasteiger partial charge in [0.05, 0.1) is 18.1 Å². The average molecular weight is 515 g/mol. The van der Waals surface area contributed by atoms with Crippen LogP contribution in [-0.4, -0.2) is 52.8 Å². The number of halogens is 2. The predicted octanol–water partition coefficient (Wildman–Crippen LogP) is 5.36. The number of carboxylic acid groups (broad SMARTS) is 1. The number of fused-ring (bicyclic) bond motifs is 1. The molecule has 0 bridgehead atoms. The molecule has 1 aliphatic carbocycles. The fraction of sp³-hybridized carbons (Fsp3) is 0.654. The number of benzene rings is 1. The van der Waals surface area contributed by atoms with E-state index in [2.05, 4.69) is 0 Å². The van der Waals surface area contributed by atoms with Crippen LogP contribution in [0.5, 0.6) is 5.75 Å². The second-order valence-corrected chi connectivity index (χ2v) is 10.5. The molecule has 0 amide bonds. The van der Waals surface area contributed by atoms with Gasteiger partial charge in [0.2, 0.25) is 0 Å². The highest BCUT2D eigenvalue weighted by Crippen LogP contribution is 2.42. The van der Waals surface area contributed by atoms with Crippen LogP contribution in [0.15, 0.2) is 30.4 Å². The monoisotopic (exact) mass is 514 g/mol. The Morgan fingerprint density at radius 1 is 1.24 bits per heavy atom. The van der Waals surface area contributed by atoms with E-state index in [9.17, 15) is 20.1 Å². The second-order valence-electron chi connectivity index (χ2n) is 9.63. The molecule has 0 radical (unpaired) electrons. The summed E-state index contributed by atoms with van der Waals surface area (Å²) in [5, 5.41) is 31.3. The Morgan fingerprint density at radius 2 is 1.97 bits per heavy atom. The summed E-state index contributed by atoms with van der Waals surface area (Å²) in [4.78, 5) is 11.4. The summed E-state index contributed by atoms with van der Waals surface area (Å²) in [6.45, 7) is 2.67. The Labute approximate surface area is 211 Å². The van der Waals surface area contributed by atoms with Crippen LogP contribution in [0.25, 0.3) is 0 Å². The zero-order chi connectivity index (χ0) is 24.7. The number of carboxylic acids is 1. The lowest BCUT2D eigenvalue weighted by molar-refractivity contribution is -0.142. The molecule has 3 N–H and O–H groups in total. The summed E-state index contributed by atoms with van der Waals surface area (Å²) in [6.07, 6.45) is 7.77. The molecule has 3 rings (SSSR count). The fourth-order valence-electron chi connectivity index (χ4n) is 5.23. The van der Waals surface area contributed by atoms with E-state index < -0.39 is 18.2 Å². The highest BCUT2D eigenvalue weighted by atomic mass is 35.5. The molecule has 1 aromatic carbocycles. The van der Waals surface area contributed by atoms with Crippen LogP contribution in [0.1, 0.15) is 51.9 Å². The van der Waals surface area contributed by atoms with E-state index in [1.54, 1.807) is 24.3 Å². The Balaban J connectivity index is 1.51. The quantitative estimate of drug-likeness (QED) is 0.344. The third-order valence-corrected chi connectivity index (χ3v) is 7.50. The predicted molar refractivity (Wildman–Crippen MR) is 132 cm³/mol. The largest absolute Gasteiger partial charge is 0.490 e. The molecule has 1 unspecified atom stereocenters. The molecule has 7 atom stereocenters. The first kappa shape index (κ1) is 27.3. The minimum absolute atomic E-state index is 0.0115. The van der Waals surface area contributed by atoms with E-state index in [1.165, 1.54) is 0 Å². The van der Waals surface area contributed by atoms with E-state index in [0.717, 1.165) is 25.7 Å². The van der Waals surface area contributed by atoms with Crippen molar-refractivity contribution < 1.29 is 29.6 Å². The number of aliphatic hydroxyl groups is 2. The standard InChI is InChI=1S/C26H36Cl2O6/c1-2-3-17(26(31)32)6-4-16-5-8-23-22(24(30)13-25(23)34-14-16)9-7-20(29)15-33-21-11-18(27)10-19(28)12-21/h7,9-12,16-17,20,22-25,29-30H,2-6,8,13-15H2,1H3,(H,31,32)/b9-7+/t16-,17?,20-,22-,23-,24-,25+/m1/s1. The summed E-state index contributed by atoms with van der Waals surface area (Å²) in [7, 11) is 0. The maximum atomic E-state index is 11.4. The number of hydrogen-bond donors (Lipinski definition) is 3. The van der Waals surface area contributed by atoms with Gasteiger partial charge in [-0.1, -0.05) is 48.7 Å². The first-order chi connectivity index (χ1) is 16.3. The molecule has 1 saturated carbocycles. The molecule has 0 spiro atoms. The van der Waals surface area contributed by atoms with Crippen LogP contribution < -0.4 is 4.74 Å². The van der Waals surface area contributed by atoms with Gasteiger partial charge in [0.15, 0.2) is 0 Å². The molecular weight excluding hydrogens is 479 g/mol. The normalized spacial score (nSPS) is 28.9. The summed E-state index contributed by atoms with van der Waals surface area (Å²) in [5.41, 5.74) is 0. The molecule has 8 heteroatoms. The summed E-state index contributed by atoms with van der Waals surface area (Å²) >= 11 is 11.9. The van der Waals surface area contributed by atoms with Gasteiger partial charge < -0.3 is 24.8 Å². The van der Waals surface area contributed by atoms with Gasteiger partial charge >= 0.3 is 5.97 Å². The van der Waals surface area contributed by atoms with Gasteiger partial charge in [-0.05, 0) is 62.1 Å². The van der Waals surface area contributed by atoms with Crippen molar-refractivity contribution in [3.63, 3.8) is 0 Å². The third kappa shape index (κ3) is 7.85. The number of hydrogen-bond acceptors (Lipinski definition) is 5. The Kier molecular flexibility index (Phi) is 10.5. The van der Waals surface area contributed by atoms with E-state index in [-0.39, 0.29) is 30.5 Å². The Morgan fingerprint density at radius 3 is 2.65 bits per heavy atom. The number of aliphatic hydroxyl groups excluding tert-OH is 2. The fourth-order valence-corrected chi connectivity index (χ4v) is 5.73. The highest BCUT2D eigenvalue weighted by molar-refractivity contribution is 6.34. The van der Waals surface area contributed by atoms with Crippen molar-refractivity contribution in [2.75, 3.05) is 13.2 Å². The van der Waals surface area contributed by atoms with Gasteiger partial charge in [0.1, 0.15) is 18.5 Å². The Hall–Kier alpha value is -1.31. The first-order valence-electron chi connectivity index (χ1n) is 12.2. The first-order valence-corrected chi connectivity index (χ1v) is 13.0. The number of rotatable bonds is 11. The summed E-state index contributed by atoms with van der Waals surface area (Å²) < 4.78 is 11.8. The van der Waals surface area contributed by atoms with Crippen molar-refractivity contribution in [2.24, 2.45) is 23.7 Å². The number of ether oxygens (including phenoxy) is 2. The van der Waals surface area contributed by atoms with Crippen molar-refractivity contribution in [2.45, 2.75) is 70.2 Å². The Bertz CT molecular complexity index is 811. The minimum Gasteiger partial charge on any atom is -0.490 e. The molecule has 2 aliphatic rings. The molecule has 1 aromatic rings. The number of aliphatic carboxylic acids is 1. The van der Waals surface area contributed by atoms with Gasteiger partial charge in [-0.2, -0.15) is 0 Å². The molecule has 1 saturated heterocycles. The topological polar surface area (TPSA) is 96.2 Å². The maximum absolute atomic E-state index is 11.4. The molecule has 34 heavy (non-hydrogen) atoms. The molecule has 1 heterocycles. The van der Waals surface area contributed by atoms with Gasteiger partial charge in [-0.25, -0.2) is 0 Å². The van der Waals surface area contributed by atoms with Gasteiger partial charge in [-0.3, -0.25) is 4.79 Å². The zero-order valence-corrected chi connectivity index (χ0v) is 21.1. The molecular formula is C26H36Cl2O6. The smallest absolute Gasteiger partial charge is 0.306 e. The van der Waals surface area contributed by atoms with Crippen LogP contribution >= 0.6 is 23.2 Å². The summed E-state index contributed by atoms with van der Waals surface area (Å²) in [5.74, 6) is -0.0693. The number of carbonyl (C=O) groups is 1. The van der Waals surface area contributed by atoms with Gasteiger partial charge in [0.25, 0.3) is 0 Å². The third-order valence-electron chi connectivity index (χ3n) is 7.07. The van der Waals surface area contributed by atoms with Crippen LogP contribution in [-0.2, 0) is 9.53 Å². The van der Waals surface area contributed by atoms with Crippen LogP contribution in [0.2, 0.25) is 10.0 Å². The lowest BCUT2D eigenvalue weighted by Gasteiger charge is -2.21. The van der Waals surface area contributed by atoms with Crippen molar-refractivity contribution in [1.82, 2.24) is 0 Å². The minimum atomic E-state index is -0.838. The van der Waals surface area contributed by atoms with E-state index >= 15 is 0 Å². The molecule has 6 nitrogen and oxygen atoms in total. The molecule has 190 valence electrons. The molecule has 1 aliphatic heterocycles. The van der Waals surface area contributed by atoms with Gasteiger partial charge in [-0.15, -0.1) is 0 Å².